The molecule has 184 valence electrons. The Kier molecular flexibility index (Phi) is 10.3. The average Bonchev–Trinajstić information content (AvgIpc) is 2.87. The molecule has 0 aliphatic heterocycles. The summed E-state index contributed by atoms with van der Waals surface area (Å²) in [5.74, 6) is -0.621. The van der Waals surface area contributed by atoms with Crippen LogP contribution >= 0.6 is 11.8 Å². The maximum Gasteiger partial charge on any atom is 0.243 e. The highest BCUT2D eigenvalue weighted by Crippen LogP contribution is 2.20. The molecular formula is C28H30F2N2O2S. The Morgan fingerprint density at radius 2 is 1.60 bits per heavy atom. The quantitative estimate of drug-likeness (QED) is 0.367. The van der Waals surface area contributed by atoms with E-state index >= 15 is 0 Å². The molecule has 0 heterocycles. The summed E-state index contributed by atoms with van der Waals surface area (Å²) >= 11 is 1.38. The molecule has 0 saturated carbocycles. The van der Waals surface area contributed by atoms with Crippen LogP contribution in [0.15, 0.2) is 78.9 Å². The summed E-state index contributed by atoms with van der Waals surface area (Å²) in [6, 6.07) is 21.1. The predicted octanol–water partition coefficient (Wildman–Crippen LogP) is 5.36. The molecule has 0 unspecified atom stereocenters. The van der Waals surface area contributed by atoms with Crippen LogP contribution in [-0.2, 0) is 28.3 Å². The van der Waals surface area contributed by atoms with Crippen LogP contribution in [0.3, 0.4) is 0 Å². The number of nitrogens with one attached hydrogen (secondary N) is 1. The van der Waals surface area contributed by atoms with E-state index in [1.54, 1.807) is 30.3 Å². The molecule has 0 radical (unpaired) electrons. The van der Waals surface area contributed by atoms with Gasteiger partial charge in [-0.2, -0.15) is 0 Å². The normalized spacial score (nSPS) is 11.6. The van der Waals surface area contributed by atoms with Gasteiger partial charge in [-0.1, -0.05) is 67.6 Å². The fourth-order valence-electron chi connectivity index (χ4n) is 3.65. The lowest BCUT2D eigenvalue weighted by atomic mass is 10.0. The molecular weight excluding hydrogens is 466 g/mol. The molecule has 2 amide bonds. The van der Waals surface area contributed by atoms with Crippen molar-refractivity contribution in [3.05, 3.63) is 107 Å². The van der Waals surface area contributed by atoms with Crippen LogP contribution in [0.4, 0.5) is 8.78 Å². The van der Waals surface area contributed by atoms with Crippen LogP contribution in [0.2, 0.25) is 0 Å². The van der Waals surface area contributed by atoms with E-state index in [1.165, 1.54) is 34.9 Å². The Morgan fingerprint density at radius 1 is 0.914 bits per heavy atom. The Labute approximate surface area is 209 Å². The Bertz CT molecular complexity index is 1090. The molecule has 0 aliphatic rings. The summed E-state index contributed by atoms with van der Waals surface area (Å²) in [5.41, 5.74) is 2.16. The lowest BCUT2D eigenvalue weighted by Gasteiger charge is -2.31. The summed E-state index contributed by atoms with van der Waals surface area (Å²) in [6.45, 7) is 2.44. The number of rotatable bonds is 12. The molecule has 1 atom stereocenters. The first-order valence-electron chi connectivity index (χ1n) is 11.6. The van der Waals surface area contributed by atoms with Crippen LogP contribution in [0.5, 0.6) is 0 Å². The molecule has 0 aliphatic carbocycles. The van der Waals surface area contributed by atoms with E-state index < -0.39 is 11.9 Å². The highest BCUT2D eigenvalue weighted by atomic mass is 32.2. The summed E-state index contributed by atoms with van der Waals surface area (Å²) in [6.07, 6.45) is 1.08. The number of carbonyl (C=O) groups excluding carboxylic acids is 2. The first-order valence-corrected chi connectivity index (χ1v) is 12.8. The largest absolute Gasteiger partial charge is 0.354 e. The van der Waals surface area contributed by atoms with E-state index in [0.29, 0.717) is 24.3 Å². The second-order valence-corrected chi connectivity index (χ2v) is 9.21. The van der Waals surface area contributed by atoms with Crippen LogP contribution in [-0.4, -0.2) is 35.1 Å². The number of amides is 2. The first-order chi connectivity index (χ1) is 17.0. The number of carbonyl (C=O) groups is 2. The third-order valence-corrected chi connectivity index (χ3v) is 6.51. The van der Waals surface area contributed by atoms with Crippen LogP contribution in [0, 0.1) is 11.6 Å². The second kappa shape index (κ2) is 13.6. The van der Waals surface area contributed by atoms with Crippen molar-refractivity contribution in [1.29, 1.82) is 0 Å². The zero-order valence-corrected chi connectivity index (χ0v) is 20.6. The van der Waals surface area contributed by atoms with Gasteiger partial charge in [0.05, 0.1) is 5.75 Å². The Morgan fingerprint density at radius 3 is 2.29 bits per heavy atom. The van der Waals surface area contributed by atoms with Gasteiger partial charge in [-0.25, -0.2) is 8.78 Å². The molecule has 4 nitrogen and oxygen atoms in total. The molecule has 3 rings (SSSR count). The van der Waals surface area contributed by atoms with Crippen molar-refractivity contribution in [1.82, 2.24) is 10.2 Å². The SMILES string of the molecule is CCCNC(=O)[C@@H](Cc1ccccc1)N(Cc1ccccc1F)C(=O)CSCc1ccc(F)cc1. The van der Waals surface area contributed by atoms with Crippen LogP contribution in [0.1, 0.15) is 30.0 Å². The van der Waals surface area contributed by atoms with Crippen molar-refractivity contribution < 1.29 is 18.4 Å². The van der Waals surface area contributed by atoms with Gasteiger partial charge in [-0.3, -0.25) is 9.59 Å². The number of hydrogen-bond acceptors (Lipinski definition) is 3. The molecule has 7 heteroatoms. The maximum absolute atomic E-state index is 14.5. The van der Waals surface area contributed by atoms with Gasteiger partial charge in [0.15, 0.2) is 0 Å². The van der Waals surface area contributed by atoms with Gasteiger partial charge in [0.25, 0.3) is 0 Å². The first kappa shape index (κ1) is 26.4. The molecule has 35 heavy (non-hydrogen) atoms. The maximum atomic E-state index is 14.5. The zero-order valence-electron chi connectivity index (χ0n) is 19.8. The highest BCUT2D eigenvalue weighted by Gasteiger charge is 2.30. The smallest absolute Gasteiger partial charge is 0.243 e. The minimum Gasteiger partial charge on any atom is -0.354 e. The van der Waals surface area contributed by atoms with Gasteiger partial charge in [0.2, 0.25) is 11.8 Å². The lowest BCUT2D eigenvalue weighted by molar-refractivity contribution is -0.139. The van der Waals surface area contributed by atoms with E-state index in [9.17, 15) is 18.4 Å². The van der Waals surface area contributed by atoms with Gasteiger partial charge in [0, 0.05) is 30.8 Å². The van der Waals surface area contributed by atoms with Crippen molar-refractivity contribution in [3.8, 4) is 0 Å². The fourth-order valence-corrected chi connectivity index (χ4v) is 4.52. The number of benzene rings is 3. The van der Waals surface area contributed by atoms with Gasteiger partial charge in [0.1, 0.15) is 17.7 Å². The van der Waals surface area contributed by atoms with Crippen LogP contribution < -0.4 is 5.32 Å². The summed E-state index contributed by atoms with van der Waals surface area (Å²) in [4.78, 5) is 28.1. The predicted molar refractivity (Wildman–Crippen MR) is 137 cm³/mol. The van der Waals surface area contributed by atoms with Crippen molar-refractivity contribution in [2.45, 2.75) is 38.1 Å². The Balaban J connectivity index is 1.83. The second-order valence-electron chi connectivity index (χ2n) is 8.23. The topological polar surface area (TPSA) is 49.4 Å². The molecule has 0 fully saturated rings. The van der Waals surface area contributed by atoms with Crippen molar-refractivity contribution in [2.75, 3.05) is 12.3 Å². The molecule has 0 spiro atoms. The van der Waals surface area contributed by atoms with E-state index in [1.807, 2.05) is 37.3 Å². The van der Waals surface area contributed by atoms with Crippen molar-refractivity contribution in [3.63, 3.8) is 0 Å². The van der Waals surface area contributed by atoms with Crippen molar-refractivity contribution in [2.24, 2.45) is 0 Å². The number of hydrogen-bond donors (Lipinski definition) is 1. The van der Waals surface area contributed by atoms with Crippen molar-refractivity contribution >= 4 is 23.6 Å². The molecule has 0 aromatic heterocycles. The highest BCUT2D eigenvalue weighted by molar-refractivity contribution is 7.99. The molecule has 0 saturated heterocycles. The monoisotopic (exact) mass is 496 g/mol. The average molecular weight is 497 g/mol. The third kappa shape index (κ3) is 8.21. The van der Waals surface area contributed by atoms with Gasteiger partial charge < -0.3 is 10.2 Å². The fraction of sp³-hybridized carbons (Fsp3) is 0.286. The number of halogens is 2. The Hall–Kier alpha value is -3.19. The summed E-state index contributed by atoms with van der Waals surface area (Å²) in [7, 11) is 0. The molecule has 0 bridgehead atoms. The minimum absolute atomic E-state index is 0.0142. The van der Waals surface area contributed by atoms with E-state index in [4.69, 9.17) is 0 Å². The molecule has 3 aromatic carbocycles. The molecule has 3 aromatic rings. The van der Waals surface area contributed by atoms with E-state index in [-0.39, 0.29) is 29.9 Å². The standard InChI is InChI=1S/C28H30F2N2O2S/c1-2-16-31-28(34)26(17-21-8-4-3-5-9-21)32(18-23-10-6-7-11-25(23)30)27(33)20-35-19-22-12-14-24(29)15-13-22/h3-15,26H,2,16-20H2,1H3,(H,31,34)/t26-/m1/s1. The van der Waals surface area contributed by atoms with Gasteiger partial charge in [-0.05, 0) is 35.7 Å². The number of thioether (sulfide) groups is 1. The van der Waals surface area contributed by atoms with Gasteiger partial charge >= 0.3 is 0 Å². The van der Waals surface area contributed by atoms with Crippen LogP contribution in [0.25, 0.3) is 0 Å². The molecule has 1 N–H and O–H groups in total. The summed E-state index contributed by atoms with van der Waals surface area (Å²) in [5, 5.41) is 2.91. The minimum atomic E-state index is -0.789. The zero-order chi connectivity index (χ0) is 25.0. The summed E-state index contributed by atoms with van der Waals surface area (Å²) < 4.78 is 27.7. The third-order valence-electron chi connectivity index (χ3n) is 5.53. The van der Waals surface area contributed by atoms with Gasteiger partial charge in [-0.15, -0.1) is 11.8 Å². The van der Waals surface area contributed by atoms with E-state index in [0.717, 1.165) is 17.5 Å². The number of nitrogens with zero attached hydrogens (tertiary/aromatic N) is 1. The van der Waals surface area contributed by atoms with E-state index in [2.05, 4.69) is 5.32 Å². The lowest BCUT2D eigenvalue weighted by Crippen LogP contribution is -2.51.